The van der Waals surface area contributed by atoms with Gasteiger partial charge in [-0.1, -0.05) is 113 Å². The van der Waals surface area contributed by atoms with Crippen LogP contribution in [0.3, 0.4) is 0 Å². The molecule has 3 aromatic heterocycles. The van der Waals surface area contributed by atoms with Crippen LogP contribution in [-0.4, -0.2) is 14.5 Å². The Balaban J connectivity index is 0.000000265. The van der Waals surface area contributed by atoms with E-state index in [0.29, 0.717) is 0 Å². The zero-order valence-electron chi connectivity index (χ0n) is 27.5. The molecule has 0 amide bonds. The Morgan fingerprint density at radius 2 is 1.35 bits per heavy atom. The van der Waals surface area contributed by atoms with Crippen LogP contribution < -0.4 is 0 Å². The van der Waals surface area contributed by atoms with E-state index in [9.17, 15) is 4.39 Å². The Morgan fingerprint density at radius 3 is 2.02 bits per heavy atom. The molecule has 0 aliphatic rings. The molecular formula is C45H30FIrN3S-2. The summed E-state index contributed by atoms with van der Waals surface area (Å²) in [4.78, 5) is 9.34. The van der Waals surface area contributed by atoms with Crippen molar-refractivity contribution in [2.75, 3.05) is 0 Å². The molecule has 9 rings (SSSR count). The van der Waals surface area contributed by atoms with Crippen LogP contribution in [0.25, 0.3) is 71.7 Å². The normalized spacial score (nSPS) is 10.8. The molecule has 3 heterocycles. The quantitative estimate of drug-likeness (QED) is 0.162. The zero-order valence-corrected chi connectivity index (χ0v) is 30.8. The summed E-state index contributed by atoms with van der Waals surface area (Å²) in [7, 11) is 0. The average Bonchev–Trinajstić information content (AvgIpc) is 3.77. The molecular weight excluding hydrogens is 826 g/mol. The van der Waals surface area contributed by atoms with Gasteiger partial charge in [-0.3, -0.25) is 16.3 Å². The number of aromatic nitrogens is 3. The van der Waals surface area contributed by atoms with Gasteiger partial charge < -0.3 is 9.55 Å². The number of para-hydroxylation sites is 2. The molecule has 0 saturated carbocycles. The Hall–Kier alpha value is -5.52. The van der Waals surface area contributed by atoms with Gasteiger partial charge in [-0.2, -0.15) is 0 Å². The van der Waals surface area contributed by atoms with E-state index in [2.05, 4.69) is 94.7 Å². The first-order chi connectivity index (χ1) is 24.6. The Kier molecular flexibility index (Phi) is 10.1. The second-order valence-electron chi connectivity index (χ2n) is 11.9. The van der Waals surface area contributed by atoms with Gasteiger partial charge in [0.05, 0.1) is 22.5 Å². The first-order valence-corrected chi connectivity index (χ1v) is 17.2. The molecule has 1 radical (unpaired) electrons. The maximum absolute atomic E-state index is 14.4. The number of aryl methyl sites for hydroxylation is 1. The molecule has 9 aromatic rings. The Morgan fingerprint density at radius 1 is 0.686 bits per heavy atom. The van der Waals surface area contributed by atoms with E-state index >= 15 is 0 Å². The first-order valence-electron chi connectivity index (χ1n) is 16.4. The van der Waals surface area contributed by atoms with Gasteiger partial charge in [0.1, 0.15) is 5.82 Å². The minimum Gasteiger partial charge on any atom is -0.332 e. The number of halogens is 1. The van der Waals surface area contributed by atoms with Crippen molar-refractivity contribution < 1.29 is 24.5 Å². The first kappa shape index (κ1) is 34.0. The van der Waals surface area contributed by atoms with Crippen molar-refractivity contribution >= 4 is 32.5 Å². The van der Waals surface area contributed by atoms with Crippen molar-refractivity contribution in [3.8, 4) is 50.6 Å². The molecule has 0 bridgehead atoms. The molecule has 0 aliphatic heterocycles. The van der Waals surface area contributed by atoms with Crippen molar-refractivity contribution in [2.24, 2.45) is 0 Å². The van der Waals surface area contributed by atoms with Crippen molar-refractivity contribution in [3.63, 3.8) is 0 Å². The molecule has 3 nitrogen and oxygen atoms in total. The van der Waals surface area contributed by atoms with E-state index in [4.69, 9.17) is 4.98 Å². The molecule has 0 spiro atoms. The zero-order chi connectivity index (χ0) is 33.9. The van der Waals surface area contributed by atoms with E-state index in [-0.39, 0.29) is 25.9 Å². The fourth-order valence-electron chi connectivity index (χ4n) is 6.30. The van der Waals surface area contributed by atoms with Crippen molar-refractivity contribution in [2.45, 2.75) is 6.92 Å². The van der Waals surface area contributed by atoms with Crippen molar-refractivity contribution in [1.82, 2.24) is 14.5 Å². The smallest absolute Gasteiger partial charge is 0.113 e. The fourth-order valence-corrected chi connectivity index (χ4v) is 7.12. The second-order valence-corrected chi connectivity index (χ2v) is 12.8. The summed E-state index contributed by atoms with van der Waals surface area (Å²) in [5, 5.41) is 4.27. The fraction of sp³-hybridized carbons (Fsp3) is 0.0222. The molecule has 0 fully saturated rings. The van der Waals surface area contributed by atoms with Crippen LogP contribution in [0.2, 0.25) is 0 Å². The minimum absolute atomic E-state index is 0. The topological polar surface area (TPSA) is 30.7 Å². The van der Waals surface area contributed by atoms with Gasteiger partial charge in [-0.15, -0.1) is 41.3 Å². The number of benzene rings is 6. The molecule has 249 valence electrons. The summed E-state index contributed by atoms with van der Waals surface area (Å²) in [5.74, 6) is 0.486. The monoisotopic (exact) mass is 856 g/mol. The SMILES string of the molecule is Cc1cc(-c2ccccc2)c(-n2c(-c3[c-]sc4ccc(F)cc34)nc3ccccc32)c(-c2ccccc2)c1.[Ir].[c-]1ccccc1-c1ccccn1. The number of hydrogen-bond donors (Lipinski definition) is 0. The average molecular weight is 856 g/mol. The maximum atomic E-state index is 14.4. The predicted octanol–water partition coefficient (Wildman–Crippen LogP) is 12.0. The molecule has 6 aromatic carbocycles. The van der Waals surface area contributed by atoms with E-state index < -0.39 is 0 Å². The summed E-state index contributed by atoms with van der Waals surface area (Å²) in [5.41, 5.74) is 11.4. The van der Waals surface area contributed by atoms with Crippen LogP contribution in [0.4, 0.5) is 4.39 Å². The Labute approximate surface area is 314 Å². The third-order valence-electron chi connectivity index (χ3n) is 8.56. The number of thiophene rings is 1. The maximum Gasteiger partial charge on any atom is 0.113 e. The van der Waals surface area contributed by atoms with Gasteiger partial charge in [-0.25, -0.2) is 4.39 Å². The van der Waals surface area contributed by atoms with Crippen LogP contribution >= 0.6 is 11.3 Å². The molecule has 0 saturated heterocycles. The number of pyridine rings is 1. The summed E-state index contributed by atoms with van der Waals surface area (Å²) >= 11 is 1.49. The van der Waals surface area contributed by atoms with Crippen LogP contribution in [0.1, 0.15) is 5.56 Å². The third-order valence-corrected chi connectivity index (χ3v) is 9.44. The van der Waals surface area contributed by atoms with Gasteiger partial charge in [0, 0.05) is 37.4 Å². The standard InChI is InChI=1S/C34H22FN2S.C11H8N.Ir/c1-22-18-26(23-10-4-2-5-11-23)33(27(19-22)24-12-6-3-7-13-24)37-31-15-9-8-14-30(31)36-34(37)29-21-38-32-17-16-25(35)20-28(29)32;1-2-6-10(7-3-1)11-8-4-5-9-12-11;/h2-20H,1H3;1-6,8-9H;/q2*-1;. The number of rotatable bonds is 5. The van der Waals surface area contributed by atoms with Crippen LogP contribution in [0.5, 0.6) is 0 Å². The van der Waals surface area contributed by atoms with Crippen molar-refractivity contribution in [3.05, 3.63) is 187 Å². The number of hydrogen-bond acceptors (Lipinski definition) is 3. The minimum atomic E-state index is -0.265. The second kappa shape index (κ2) is 15.2. The molecule has 0 unspecified atom stereocenters. The molecule has 0 N–H and O–H groups in total. The van der Waals surface area contributed by atoms with Crippen LogP contribution in [0, 0.1) is 24.2 Å². The van der Waals surface area contributed by atoms with Crippen molar-refractivity contribution in [1.29, 1.82) is 0 Å². The number of fused-ring (bicyclic) bond motifs is 2. The summed E-state index contributed by atoms with van der Waals surface area (Å²) < 4.78 is 17.6. The van der Waals surface area contributed by atoms with Gasteiger partial charge in [0.2, 0.25) is 0 Å². The Bertz CT molecular complexity index is 2450. The summed E-state index contributed by atoms with van der Waals surface area (Å²) in [6.07, 6.45) is 1.79. The molecule has 0 atom stereocenters. The van der Waals surface area contributed by atoms with E-state index in [1.807, 2.05) is 78.9 Å². The van der Waals surface area contributed by atoms with Crippen LogP contribution in [-0.2, 0) is 20.1 Å². The third kappa shape index (κ3) is 6.95. The molecule has 6 heteroatoms. The van der Waals surface area contributed by atoms with E-state index in [1.54, 1.807) is 12.3 Å². The molecule has 51 heavy (non-hydrogen) atoms. The largest absolute Gasteiger partial charge is 0.332 e. The summed E-state index contributed by atoms with van der Waals surface area (Å²) in [6.45, 7) is 2.14. The van der Waals surface area contributed by atoms with Gasteiger partial charge >= 0.3 is 0 Å². The van der Waals surface area contributed by atoms with Gasteiger partial charge in [0.15, 0.2) is 0 Å². The summed E-state index contributed by atoms with van der Waals surface area (Å²) in [6, 6.07) is 55.3. The van der Waals surface area contributed by atoms with E-state index in [1.165, 1.54) is 23.0 Å². The van der Waals surface area contributed by atoms with E-state index in [0.717, 1.165) is 71.7 Å². The van der Waals surface area contributed by atoms with Crippen LogP contribution in [0.15, 0.2) is 164 Å². The predicted molar refractivity (Wildman–Crippen MR) is 205 cm³/mol. The van der Waals surface area contributed by atoms with Gasteiger partial charge in [0.25, 0.3) is 0 Å². The molecule has 0 aliphatic carbocycles. The van der Waals surface area contributed by atoms with Gasteiger partial charge in [-0.05, 0) is 65.7 Å². The number of nitrogens with zero attached hydrogens (tertiary/aromatic N) is 3. The number of imidazole rings is 1.